The third kappa shape index (κ3) is 5.98. The van der Waals surface area contributed by atoms with E-state index in [1.165, 1.54) is 43.4 Å². The number of benzene rings is 10. The molecule has 0 bridgehead atoms. The van der Waals surface area contributed by atoms with Crippen LogP contribution >= 0.6 is 0 Å². The van der Waals surface area contributed by atoms with Gasteiger partial charge in [0.05, 0.1) is 0 Å². The van der Waals surface area contributed by atoms with Gasteiger partial charge in [-0.1, -0.05) is 188 Å². The summed E-state index contributed by atoms with van der Waals surface area (Å²) in [6, 6.07) is 75.3. The molecule has 0 aliphatic heterocycles. The molecule has 0 amide bonds. The summed E-state index contributed by atoms with van der Waals surface area (Å²) in [7, 11) is 0. The maximum atomic E-state index is 5.28. The average Bonchev–Trinajstić information content (AvgIpc) is 3.31. The Morgan fingerprint density at radius 3 is 1.55 bits per heavy atom. The van der Waals surface area contributed by atoms with Crippen molar-refractivity contribution in [3.8, 4) is 67.5 Å². The Balaban J connectivity index is 1.05. The first kappa shape index (κ1) is 33.6. The summed E-state index contributed by atoms with van der Waals surface area (Å²) in [6.45, 7) is 0. The van der Waals surface area contributed by atoms with Crippen LogP contribution in [0.3, 0.4) is 0 Å². The molecule has 3 nitrogen and oxygen atoms in total. The average molecular weight is 738 g/mol. The molecule has 0 spiro atoms. The zero-order valence-electron chi connectivity index (χ0n) is 31.5. The lowest BCUT2D eigenvalue weighted by Crippen LogP contribution is -2.01. The normalized spacial score (nSPS) is 11.4. The summed E-state index contributed by atoms with van der Waals surface area (Å²) < 4.78 is 0. The largest absolute Gasteiger partial charge is 0.208 e. The second kappa shape index (κ2) is 14.1. The van der Waals surface area contributed by atoms with Gasteiger partial charge in [-0.2, -0.15) is 0 Å². The zero-order valence-corrected chi connectivity index (χ0v) is 31.5. The summed E-state index contributed by atoms with van der Waals surface area (Å²) in [4.78, 5) is 15.8. The van der Waals surface area contributed by atoms with E-state index in [1.807, 2.05) is 6.07 Å². The van der Waals surface area contributed by atoms with Crippen LogP contribution in [-0.2, 0) is 0 Å². The number of rotatable bonds is 6. The van der Waals surface area contributed by atoms with E-state index >= 15 is 0 Å². The lowest BCUT2D eigenvalue weighted by molar-refractivity contribution is 1.08. The van der Waals surface area contributed by atoms with Crippen molar-refractivity contribution < 1.29 is 0 Å². The molecule has 0 saturated carbocycles. The summed E-state index contributed by atoms with van der Waals surface area (Å²) in [5.41, 5.74) is 9.74. The number of hydrogen-bond acceptors (Lipinski definition) is 3. The molecule has 3 heteroatoms. The van der Waals surface area contributed by atoms with E-state index in [0.29, 0.717) is 17.5 Å². The third-order valence-electron chi connectivity index (χ3n) is 11.3. The molecular weight excluding hydrogens is 703 g/mol. The molecule has 0 unspecified atom stereocenters. The van der Waals surface area contributed by atoms with Crippen LogP contribution in [0.25, 0.3) is 111 Å². The van der Waals surface area contributed by atoms with Crippen molar-refractivity contribution in [2.45, 2.75) is 0 Å². The molecule has 58 heavy (non-hydrogen) atoms. The van der Waals surface area contributed by atoms with Crippen LogP contribution in [0.15, 0.2) is 212 Å². The van der Waals surface area contributed by atoms with Gasteiger partial charge in [0, 0.05) is 16.7 Å². The molecule has 270 valence electrons. The SMILES string of the molecule is c1ccc(-c2ccccc2-c2nc(-c3cccc(-c4ccc5cc(-c6cccc7ccccc67)ccc5c4)c3)nc(-c3cc4ccccc4c4ccccc34)n2)cc1. The monoisotopic (exact) mass is 737 g/mol. The van der Waals surface area contributed by atoms with Gasteiger partial charge in [-0.25, -0.2) is 15.0 Å². The van der Waals surface area contributed by atoms with Crippen LogP contribution in [0, 0.1) is 0 Å². The highest BCUT2D eigenvalue weighted by Gasteiger charge is 2.18. The van der Waals surface area contributed by atoms with Crippen LogP contribution in [0.5, 0.6) is 0 Å². The van der Waals surface area contributed by atoms with Crippen molar-refractivity contribution in [3.05, 3.63) is 212 Å². The molecule has 11 rings (SSSR count). The molecule has 0 saturated heterocycles. The summed E-state index contributed by atoms with van der Waals surface area (Å²) in [6.07, 6.45) is 0. The Kier molecular flexibility index (Phi) is 8.15. The van der Waals surface area contributed by atoms with Gasteiger partial charge < -0.3 is 0 Å². The van der Waals surface area contributed by atoms with Crippen LogP contribution in [0.1, 0.15) is 0 Å². The highest BCUT2D eigenvalue weighted by molar-refractivity contribution is 6.13. The topological polar surface area (TPSA) is 38.7 Å². The van der Waals surface area contributed by atoms with Gasteiger partial charge >= 0.3 is 0 Å². The Morgan fingerprint density at radius 2 is 0.724 bits per heavy atom. The summed E-state index contributed by atoms with van der Waals surface area (Å²) >= 11 is 0. The van der Waals surface area contributed by atoms with Gasteiger partial charge in [-0.05, 0) is 101 Å². The predicted molar refractivity (Wildman–Crippen MR) is 242 cm³/mol. The predicted octanol–water partition coefficient (Wildman–Crippen LogP) is 14.5. The van der Waals surface area contributed by atoms with Gasteiger partial charge in [0.2, 0.25) is 0 Å². The minimum atomic E-state index is 0.627. The second-order valence-corrected chi connectivity index (χ2v) is 14.8. The maximum absolute atomic E-state index is 5.28. The molecule has 1 heterocycles. The number of hydrogen-bond donors (Lipinski definition) is 0. The second-order valence-electron chi connectivity index (χ2n) is 14.8. The highest BCUT2D eigenvalue weighted by atomic mass is 15.0. The van der Waals surface area contributed by atoms with E-state index in [2.05, 4.69) is 206 Å². The van der Waals surface area contributed by atoms with Gasteiger partial charge in [-0.3, -0.25) is 0 Å². The molecule has 0 aliphatic rings. The number of aromatic nitrogens is 3. The van der Waals surface area contributed by atoms with Crippen molar-refractivity contribution in [1.29, 1.82) is 0 Å². The lowest BCUT2D eigenvalue weighted by atomic mass is 9.94. The van der Waals surface area contributed by atoms with Gasteiger partial charge in [0.1, 0.15) is 0 Å². The fraction of sp³-hybridized carbons (Fsp3) is 0. The maximum Gasteiger partial charge on any atom is 0.164 e. The number of fused-ring (bicyclic) bond motifs is 5. The molecule has 0 radical (unpaired) electrons. The minimum Gasteiger partial charge on any atom is -0.208 e. The van der Waals surface area contributed by atoms with Crippen LogP contribution in [-0.4, -0.2) is 15.0 Å². The molecule has 1 aromatic heterocycles. The van der Waals surface area contributed by atoms with Crippen molar-refractivity contribution in [1.82, 2.24) is 15.0 Å². The quantitative estimate of drug-likeness (QED) is 0.160. The first-order valence-electron chi connectivity index (χ1n) is 19.7. The molecule has 0 N–H and O–H groups in total. The van der Waals surface area contributed by atoms with Crippen LogP contribution in [0.4, 0.5) is 0 Å². The first-order valence-corrected chi connectivity index (χ1v) is 19.7. The van der Waals surface area contributed by atoms with E-state index in [0.717, 1.165) is 49.7 Å². The number of nitrogens with zero attached hydrogens (tertiary/aromatic N) is 3. The third-order valence-corrected chi connectivity index (χ3v) is 11.3. The van der Waals surface area contributed by atoms with Crippen molar-refractivity contribution >= 4 is 43.1 Å². The Labute approximate surface area is 336 Å². The van der Waals surface area contributed by atoms with Crippen molar-refractivity contribution in [2.75, 3.05) is 0 Å². The van der Waals surface area contributed by atoms with Gasteiger partial charge in [0.15, 0.2) is 17.5 Å². The van der Waals surface area contributed by atoms with E-state index in [4.69, 9.17) is 15.0 Å². The van der Waals surface area contributed by atoms with Crippen LogP contribution in [0.2, 0.25) is 0 Å². The first-order chi connectivity index (χ1) is 28.7. The Hall–Kier alpha value is -7.75. The van der Waals surface area contributed by atoms with Crippen LogP contribution < -0.4 is 0 Å². The van der Waals surface area contributed by atoms with E-state index < -0.39 is 0 Å². The minimum absolute atomic E-state index is 0.627. The summed E-state index contributed by atoms with van der Waals surface area (Å²) in [5, 5.41) is 9.54. The summed E-state index contributed by atoms with van der Waals surface area (Å²) in [5.74, 6) is 1.90. The van der Waals surface area contributed by atoms with Crippen molar-refractivity contribution in [2.24, 2.45) is 0 Å². The molecule has 0 fully saturated rings. The Morgan fingerprint density at radius 1 is 0.207 bits per heavy atom. The van der Waals surface area contributed by atoms with E-state index in [-0.39, 0.29) is 0 Å². The zero-order chi connectivity index (χ0) is 38.4. The lowest BCUT2D eigenvalue weighted by Gasteiger charge is -2.14. The Bertz CT molecular complexity index is 3340. The van der Waals surface area contributed by atoms with Gasteiger partial charge in [-0.15, -0.1) is 0 Å². The van der Waals surface area contributed by atoms with Crippen molar-refractivity contribution in [3.63, 3.8) is 0 Å². The van der Waals surface area contributed by atoms with E-state index in [9.17, 15) is 0 Å². The molecule has 11 aromatic rings. The molecule has 0 aliphatic carbocycles. The van der Waals surface area contributed by atoms with Gasteiger partial charge in [0.25, 0.3) is 0 Å². The standard InChI is InChI=1S/C55H35N3/c1-2-14-36(15-3-1)46-22-8-11-26-51(46)54-56-53(57-55(58-54)52-35-42-17-5-7-23-48(42)49-24-9-10-25-50(49)52)44-20-12-19-38(34-44)39-28-29-41-33-43(31-30-40(41)32-39)47-27-13-18-37-16-4-6-21-45(37)47/h1-35H. The van der Waals surface area contributed by atoms with E-state index in [1.54, 1.807) is 0 Å². The molecule has 10 aromatic carbocycles. The fourth-order valence-electron chi connectivity index (χ4n) is 8.44. The highest BCUT2D eigenvalue weighted by Crippen LogP contribution is 2.38. The molecular formula is C55H35N3. The molecule has 0 atom stereocenters. The smallest absolute Gasteiger partial charge is 0.164 e. The fourth-order valence-corrected chi connectivity index (χ4v) is 8.44.